The Hall–Kier alpha value is -1.17. The highest BCUT2D eigenvalue weighted by Crippen LogP contribution is 2.45. The van der Waals surface area contributed by atoms with Crippen LogP contribution in [-0.4, -0.2) is 40.7 Å². The van der Waals surface area contributed by atoms with E-state index in [1.165, 1.54) is 24.8 Å². The van der Waals surface area contributed by atoms with Gasteiger partial charge in [-0.1, -0.05) is 6.08 Å². The molecule has 2 saturated carbocycles. The van der Waals surface area contributed by atoms with Crippen LogP contribution < -0.4 is 10.0 Å². The highest BCUT2D eigenvalue weighted by atomic mass is 32.2. The fourth-order valence-electron chi connectivity index (χ4n) is 2.64. The quantitative estimate of drug-likeness (QED) is 0.599. The second-order valence-corrected chi connectivity index (χ2v) is 7.00. The number of rotatable bonds is 5. The summed E-state index contributed by atoms with van der Waals surface area (Å²) in [6.45, 7) is 5.34. The van der Waals surface area contributed by atoms with Gasteiger partial charge in [-0.2, -0.15) is 0 Å². The first kappa shape index (κ1) is 13.8. The largest absolute Gasteiger partial charge is 0.325 e. The van der Waals surface area contributed by atoms with Crippen LogP contribution >= 0.6 is 11.9 Å². The zero-order valence-corrected chi connectivity index (χ0v) is 12.4. The van der Waals surface area contributed by atoms with E-state index in [1.54, 1.807) is 11.0 Å². The number of likely N-dealkylation sites (tertiary alicyclic amines) is 1. The van der Waals surface area contributed by atoms with Gasteiger partial charge in [0.25, 0.3) is 5.91 Å². The van der Waals surface area contributed by atoms with Gasteiger partial charge in [0.15, 0.2) is 0 Å². The lowest BCUT2D eigenvalue weighted by atomic mass is 10.2. The third kappa shape index (κ3) is 2.66. The van der Waals surface area contributed by atoms with E-state index in [-0.39, 0.29) is 17.9 Å². The van der Waals surface area contributed by atoms with Gasteiger partial charge in [-0.25, -0.2) is 4.79 Å². The van der Waals surface area contributed by atoms with Crippen molar-refractivity contribution >= 4 is 23.9 Å². The molecule has 110 valence electrons. The summed E-state index contributed by atoms with van der Waals surface area (Å²) in [5.41, 5.74) is -0.761. The number of hydrogen-bond donors (Lipinski definition) is 2. The molecule has 1 heterocycles. The van der Waals surface area contributed by atoms with Crippen LogP contribution in [0, 0.1) is 5.92 Å². The molecule has 2 unspecified atom stereocenters. The molecule has 2 aliphatic carbocycles. The van der Waals surface area contributed by atoms with Gasteiger partial charge in [0.1, 0.15) is 5.54 Å². The van der Waals surface area contributed by atoms with Gasteiger partial charge in [0.2, 0.25) is 0 Å². The zero-order chi connectivity index (χ0) is 14.2. The third-order valence-electron chi connectivity index (χ3n) is 4.27. The molecule has 0 spiro atoms. The van der Waals surface area contributed by atoms with Crippen molar-refractivity contribution in [1.82, 2.24) is 14.9 Å². The minimum absolute atomic E-state index is 0.0499. The number of nitrogens with one attached hydrogen (secondary N) is 2. The molecule has 3 amide bonds. The van der Waals surface area contributed by atoms with Crippen molar-refractivity contribution in [2.24, 2.45) is 5.92 Å². The third-order valence-corrected chi connectivity index (χ3v) is 5.38. The molecule has 0 aromatic rings. The first-order valence-corrected chi connectivity index (χ1v) is 8.19. The smallest absolute Gasteiger partial charge is 0.318 e. The molecule has 1 aliphatic heterocycles. The second kappa shape index (κ2) is 5.31. The molecule has 6 heteroatoms. The normalized spacial score (nSPS) is 31.8. The van der Waals surface area contributed by atoms with Gasteiger partial charge in [-0.15, -0.1) is 6.58 Å². The SMILES string of the molecule is C=CC1CC1(NC(=O)N1CCCC1)C(=O)NSC1CC1. The van der Waals surface area contributed by atoms with E-state index in [0.717, 1.165) is 25.9 Å². The van der Waals surface area contributed by atoms with Gasteiger partial charge in [0, 0.05) is 24.3 Å². The molecule has 2 N–H and O–H groups in total. The maximum atomic E-state index is 12.4. The van der Waals surface area contributed by atoms with Crippen molar-refractivity contribution in [2.75, 3.05) is 13.1 Å². The average Bonchev–Trinajstić information content (AvgIpc) is 3.34. The summed E-state index contributed by atoms with van der Waals surface area (Å²) in [5.74, 6) is -0.0271. The Morgan fingerprint density at radius 3 is 2.55 bits per heavy atom. The molecule has 0 bridgehead atoms. The predicted octanol–water partition coefficient (Wildman–Crippen LogP) is 1.66. The topological polar surface area (TPSA) is 61.4 Å². The molecule has 1 saturated heterocycles. The van der Waals surface area contributed by atoms with Crippen LogP contribution in [0.4, 0.5) is 4.79 Å². The Kier molecular flexibility index (Phi) is 3.67. The van der Waals surface area contributed by atoms with E-state index in [9.17, 15) is 9.59 Å². The van der Waals surface area contributed by atoms with Crippen molar-refractivity contribution in [2.45, 2.75) is 42.9 Å². The summed E-state index contributed by atoms with van der Waals surface area (Å²) in [6, 6.07) is -0.113. The Labute approximate surface area is 123 Å². The van der Waals surface area contributed by atoms with E-state index in [4.69, 9.17) is 0 Å². The van der Waals surface area contributed by atoms with Gasteiger partial charge in [-0.3, -0.25) is 9.52 Å². The fourth-order valence-corrected chi connectivity index (χ4v) is 3.47. The van der Waals surface area contributed by atoms with Crippen LogP contribution in [0.3, 0.4) is 0 Å². The van der Waals surface area contributed by atoms with Crippen LogP contribution in [0.25, 0.3) is 0 Å². The van der Waals surface area contributed by atoms with Crippen LogP contribution in [-0.2, 0) is 4.79 Å². The molecule has 0 aromatic carbocycles. The molecule has 5 nitrogen and oxygen atoms in total. The standard InChI is InChI=1S/C14H21N3O2S/c1-2-10-9-14(10,12(18)16-20-11-5-6-11)15-13(19)17-7-3-4-8-17/h2,10-11H,1,3-9H2,(H,15,19)(H,16,18). The van der Waals surface area contributed by atoms with Crippen molar-refractivity contribution < 1.29 is 9.59 Å². The molecular formula is C14H21N3O2S. The molecule has 2 atom stereocenters. The minimum atomic E-state index is -0.761. The predicted molar refractivity (Wildman–Crippen MR) is 79.1 cm³/mol. The van der Waals surface area contributed by atoms with Crippen LogP contribution in [0.5, 0.6) is 0 Å². The first-order chi connectivity index (χ1) is 9.65. The summed E-state index contributed by atoms with van der Waals surface area (Å²) in [4.78, 5) is 26.4. The average molecular weight is 295 g/mol. The van der Waals surface area contributed by atoms with E-state index in [1.807, 2.05) is 0 Å². The lowest BCUT2D eigenvalue weighted by Crippen LogP contribution is -2.52. The Morgan fingerprint density at radius 2 is 2.00 bits per heavy atom. The van der Waals surface area contributed by atoms with E-state index < -0.39 is 5.54 Å². The second-order valence-electron chi connectivity index (χ2n) is 5.89. The lowest BCUT2D eigenvalue weighted by Gasteiger charge is -2.23. The molecule has 0 radical (unpaired) electrons. The van der Waals surface area contributed by atoms with Crippen LogP contribution in [0.15, 0.2) is 12.7 Å². The van der Waals surface area contributed by atoms with Gasteiger partial charge < -0.3 is 10.2 Å². The summed E-state index contributed by atoms with van der Waals surface area (Å²) in [7, 11) is 0. The van der Waals surface area contributed by atoms with E-state index >= 15 is 0 Å². The van der Waals surface area contributed by atoms with Crippen molar-refractivity contribution in [3.63, 3.8) is 0 Å². The summed E-state index contributed by atoms with van der Waals surface area (Å²) in [5, 5.41) is 3.51. The highest BCUT2D eigenvalue weighted by molar-refractivity contribution is 7.98. The van der Waals surface area contributed by atoms with Gasteiger partial charge in [0.05, 0.1) is 0 Å². The van der Waals surface area contributed by atoms with Crippen molar-refractivity contribution in [1.29, 1.82) is 0 Å². The van der Waals surface area contributed by atoms with Gasteiger partial charge in [-0.05, 0) is 44.1 Å². The summed E-state index contributed by atoms with van der Waals surface area (Å²) < 4.78 is 2.90. The number of nitrogens with zero attached hydrogens (tertiary/aromatic N) is 1. The Bertz CT molecular complexity index is 432. The molecular weight excluding hydrogens is 274 g/mol. The zero-order valence-electron chi connectivity index (χ0n) is 11.6. The molecule has 3 fully saturated rings. The monoisotopic (exact) mass is 295 g/mol. The Balaban J connectivity index is 1.60. The maximum absolute atomic E-state index is 12.4. The number of hydrogen-bond acceptors (Lipinski definition) is 3. The number of carbonyl (C=O) groups excluding carboxylic acids is 2. The first-order valence-electron chi connectivity index (χ1n) is 7.31. The molecule has 0 aromatic heterocycles. The number of amides is 3. The number of carbonyl (C=O) groups is 2. The van der Waals surface area contributed by atoms with Crippen LogP contribution in [0.1, 0.15) is 32.1 Å². The summed E-state index contributed by atoms with van der Waals surface area (Å²) in [6.07, 6.45) is 6.87. The molecule has 3 rings (SSSR count). The number of urea groups is 1. The summed E-state index contributed by atoms with van der Waals surface area (Å²) >= 11 is 1.49. The molecule has 20 heavy (non-hydrogen) atoms. The minimum Gasteiger partial charge on any atom is -0.325 e. The highest BCUT2D eigenvalue weighted by Gasteiger charge is 2.60. The van der Waals surface area contributed by atoms with Crippen LogP contribution in [0.2, 0.25) is 0 Å². The van der Waals surface area contributed by atoms with Gasteiger partial charge >= 0.3 is 6.03 Å². The Morgan fingerprint density at radius 1 is 1.30 bits per heavy atom. The molecule has 3 aliphatic rings. The van der Waals surface area contributed by atoms with E-state index in [2.05, 4.69) is 16.6 Å². The van der Waals surface area contributed by atoms with Crippen molar-refractivity contribution in [3.8, 4) is 0 Å². The fraction of sp³-hybridized carbons (Fsp3) is 0.714. The lowest BCUT2D eigenvalue weighted by molar-refractivity contribution is -0.122. The maximum Gasteiger partial charge on any atom is 0.318 e. The van der Waals surface area contributed by atoms with Crippen molar-refractivity contribution in [3.05, 3.63) is 12.7 Å². The van der Waals surface area contributed by atoms with E-state index in [0.29, 0.717) is 11.7 Å².